The van der Waals surface area contributed by atoms with E-state index in [4.69, 9.17) is 0 Å². The van der Waals surface area contributed by atoms with Gasteiger partial charge >= 0.3 is 0 Å². The molecule has 4 atom stereocenters. The molecule has 8 heteroatoms. The Morgan fingerprint density at radius 1 is 0.269 bits per heavy atom. The van der Waals surface area contributed by atoms with Gasteiger partial charge in [0.15, 0.2) is 0 Å². The number of hydrogen-bond donors (Lipinski definition) is 4. The molecule has 0 spiro atoms. The molecule has 4 N–H and O–H groups in total. The third kappa shape index (κ3) is 7.51. The number of benzene rings is 6. The predicted octanol–water partition coefficient (Wildman–Crippen LogP) is 7.28. The Bertz CT molecular complexity index is 1890. The maximum atomic E-state index is 14.1. The average molecular weight is 685 g/mol. The second-order valence-electron chi connectivity index (χ2n) is 12.6. The summed E-state index contributed by atoms with van der Waals surface area (Å²) in [6.45, 7) is 0. The van der Waals surface area contributed by atoms with Crippen molar-refractivity contribution in [3.63, 3.8) is 0 Å². The topological polar surface area (TPSA) is 116 Å². The van der Waals surface area contributed by atoms with Crippen molar-refractivity contribution < 1.29 is 19.2 Å². The summed E-state index contributed by atoms with van der Waals surface area (Å²) in [5.41, 5.74) is 4.13. The van der Waals surface area contributed by atoms with Gasteiger partial charge in [-0.15, -0.1) is 0 Å². The molecule has 6 aromatic carbocycles. The van der Waals surface area contributed by atoms with E-state index in [2.05, 4.69) is 21.3 Å². The Kier molecular flexibility index (Phi) is 9.97. The van der Waals surface area contributed by atoms with Crippen LogP contribution in [0.1, 0.15) is 87.9 Å². The van der Waals surface area contributed by atoms with Gasteiger partial charge in [0.2, 0.25) is 0 Å². The first-order valence-corrected chi connectivity index (χ1v) is 17.1. The van der Waals surface area contributed by atoms with Gasteiger partial charge in [-0.05, 0) is 58.7 Å². The predicted molar refractivity (Wildman–Crippen MR) is 199 cm³/mol. The summed E-state index contributed by atoms with van der Waals surface area (Å²) in [5, 5.41) is 12.6. The van der Waals surface area contributed by atoms with Crippen LogP contribution < -0.4 is 21.3 Å². The number of amides is 4. The summed E-state index contributed by atoms with van der Waals surface area (Å²) < 4.78 is 0. The Balaban J connectivity index is 1.37. The second-order valence-corrected chi connectivity index (χ2v) is 12.6. The summed E-state index contributed by atoms with van der Waals surface area (Å²) in [6.07, 6.45) is 0. The first kappa shape index (κ1) is 33.7. The molecule has 4 bridgehead atoms. The third-order valence-corrected chi connectivity index (χ3v) is 9.22. The SMILES string of the molecule is O=C1NC(c2ccccc2)C(c2ccccc2)NC(=O)c2cccc(c2)C(=O)NC(c2ccccc2)C(c2ccccc2)NC(=O)c2cccc1c2. The molecule has 0 aromatic heterocycles. The minimum Gasteiger partial charge on any atom is -0.343 e. The molecule has 0 fully saturated rings. The molecule has 1 aliphatic heterocycles. The monoisotopic (exact) mass is 684 g/mol. The first-order chi connectivity index (χ1) is 25.4. The molecule has 0 saturated carbocycles. The van der Waals surface area contributed by atoms with E-state index in [1.54, 1.807) is 48.5 Å². The van der Waals surface area contributed by atoms with Gasteiger partial charge in [0.25, 0.3) is 23.6 Å². The smallest absolute Gasteiger partial charge is 0.251 e. The Morgan fingerprint density at radius 2 is 0.481 bits per heavy atom. The van der Waals surface area contributed by atoms with Crippen molar-refractivity contribution in [3.05, 3.63) is 214 Å². The van der Waals surface area contributed by atoms with Crippen molar-refractivity contribution in [1.82, 2.24) is 21.3 Å². The minimum absolute atomic E-state index is 0.268. The highest BCUT2D eigenvalue weighted by molar-refractivity contribution is 6.01. The molecule has 1 aliphatic rings. The van der Waals surface area contributed by atoms with Crippen molar-refractivity contribution in [1.29, 1.82) is 0 Å². The van der Waals surface area contributed by atoms with Crippen LogP contribution in [-0.2, 0) is 0 Å². The Hall–Kier alpha value is -6.80. The van der Waals surface area contributed by atoms with Crippen molar-refractivity contribution in [3.8, 4) is 0 Å². The van der Waals surface area contributed by atoms with Crippen LogP contribution in [-0.4, -0.2) is 23.6 Å². The lowest BCUT2D eigenvalue weighted by Gasteiger charge is -2.31. The number of nitrogens with one attached hydrogen (secondary N) is 4. The van der Waals surface area contributed by atoms with Crippen LogP contribution in [0.3, 0.4) is 0 Å². The number of carbonyl (C=O) groups excluding carboxylic acids is 4. The highest BCUT2D eigenvalue weighted by Gasteiger charge is 2.32. The van der Waals surface area contributed by atoms with Gasteiger partial charge in [-0.2, -0.15) is 0 Å². The fourth-order valence-corrected chi connectivity index (χ4v) is 6.58. The molecular weight excluding hydrogens is 649 g/mol. The molecular formula is C44H36N4O4. The van der Waals surface area contributed by atoms with Crippen molar-refractivity contribution in [2.75, 3.05) is 0 Å². The van der Waals surface area contributed by atoms with Crippen molar-refractivity contribution in [2.45, 2.75) is 24.2 Å². The van der Waals surface area contributed by atoms with E-state index in [1.807, 2.05) is 121 Å². The van der Waals surface area contributed by atoms with Gasteiger partial charge in [0, 0.05) is 22.3 Å². The van der Waals surface area contributed by atoms with E-state index in [-0.39, 0.29) is 22.3 Å². The maximum Gasteiger partial charge on any atom is 0.251 e. The molecule has 1 heterocycles. The zero-order chi connectivity index (χ0) is 35.9. The van der Waals surface area contributed by atoms with E-state index < -0.39 is 47.8 Å². The van der Waals surface area contributed by atoms with Gasteiger partial charge in [-0.1, -0.05) is 133 Å². The summed E-state index contributed by atoms with van der Waals surface area (Å²) >= 11 is 0. The van der Waals surface area contributed by atoms with Gasteiger partial charge in [-0.25, -0.2) is 0 Å². The molecule has 0 saturated heterocycles. The van der Waals surface area contributed by atoms with E-state index in [0.29, 0.717) is 0 Å². The average Bonchev–Trinajstić information content (AvgIpc) is 3.21. The quantitative estimate of drug-likeness (QED) is 0.156. The standard InChI is InChI=1S/C44H36N4O4/c49-41-33-23-13-25-35(27-33)43(51)47-39(31-19-9-3-10-20-31)40(32-21-11-4-12-22-32)48-44(52)36-26-14-24-34(28-36)42(50)46-38(30-17-7-2-8-18-30)37(45-41)29-15-5-1-6-16-29/h1-28,37-40H,(H,45,49)(H,46,50)(H,47,51)(H,48,52). The molecule has 6 aromatic rings. The number of hydrogen-bond acceptors (Lipinski definition) is 4. The molecule has 4 amide bonds. The van der Waals surface area contributed by atoms with Crippen LogP contribution in [0.5, 0.6) is 0 Å². The van der Waals surface area contributed by atoms with E-state index >= 15 is 0 Å². The molecule has 7 rings (SSSR count). The van der Waals surface area contributed by atoms with Gasteiger partial charge in [0.05, 0.1) is 24.2 Å². The van der Waals surface area contributed by atoms with Crippen LogP contribution in [0.2, 0.25) is 0 Å². The first-order valence-electron chi connectivity index (χ1n) is 17.1. The van der Waals surface area contributed by atoms with Gasteiger partial charge in [0.1, 0.15) is 0 Å². The lowest BCUT2D eigenvalue weighted by atomic mass is 9.91. The maximum absolute atomic E-state index is 14.1. The van der Waals surface area contributed by atoms with Crippen LogP contribution >= 0.6 is 0 Å². The highest BCUT2D eigenvalue weighted by atomic mass is 16.2. The van der Waals surface area contributed by atoms with Crippen LogP contribution in [0.4, 0.5) is 0 Å². The Labute approximate surface area is 301 Å². The molecule has 256 valence electrons. The Morgan fingerprint density at radius 3 is 0.692 bits per heavy atom. The molecule has 4 unspecified atom stereocenters. The summed E-state index contributed by atoms with van der Waals surface area (Å²) in [4.78, 5) is 56.5. The molecule has 52 heavy (non-hydrogen) atoms. The zero-order valence-corrected chi connectivity index (χ0v) is 28.1. The molecule has 0 radical (unpaired) electrons. The van der Waals surface area contributed by atoms with Gasteiger partial charge in [-0.3, -0.25) is 19.2 Å². The fourth-order valence-electron chi connectivity index (χ4n) is 6.58. The lowest BCUT2D eigenvalue weighted by Crippen LogP contribution is -2.42. The van der Waals surface area contributed by atoms with E-state index in [0.717, 1.165) is 22.3 Å². The fraction of sp³-hybridized carbons (Fsp3) is 0.0909. The lowest BCUT2D eigenvalue weighted by molar-refractivity contribution is 0.0873. The van der Waals surface area contributed by atoms with Gasteiger partial charge < -0.3 is 21.3 Å². The summed E-state index contributed by atoms with van der Waals surface area (Å²) in [7, 11) is 0. The normalized spacial score (nSPS) is 19.5. The zero-order valence-electron chi connectivity index (χ0n) is 28.1. The summed E-state index contributed by atoms with van der Waals surface area (Å²) in [6, 6.07) is 47.8. The van der Waals surface area contributed by atoms with Crippen LogP contribution in [0.15, 0.2) is 170 Å². The molecule has 0 aliphatic carbocycles. The second kappa shape index (κ2) is 15.4. The van der Waals surface area contributed by atoms with E-state index in [1.165, 1.54) is 0 Å². The van der Waals surface area contributed by atoms with E-state index in [9.17, 15) is 19.2 Å². The van der Waals surface area contributed by atoms with Crippen LogP contribution in [0, 0.1) is 0 Å². The largest absolute Gasteiger partial charge is 0.343 e. The number of fused-ring (bicyclic) bond motifs is 4. The minimum atomic E-state index is -0.711. The number of carbonyl (C=O) groups is 4. The van der Waals surface area contributed by atoms with Crippen molar-refractivity contribution >= 4 is 23.6 Å². The van der Waals surface area contributed by atoms with Crippen molar-refractivity contribution in [2.24, 2.45) is 0 Å². The number of rotatable bonds is 4. The summed E-state index contributed by atoms with van der Waals surface area (Å²) in [5.74, 6) is -1.68. The van der Waals surface area contributed by atoms with Crippen LogP contribution in [0.25, 0.3) is 0 Å². The highest BCUT2D eigenvalue weighted by Crippen LogP contribution is 2.32. The molecule has 8 nitrogen and oxygen atoms in total. The third-order valence-electron chi connectivity index (χ3n) is 9.22.